The summed E-state index contributed by atoms with van der Waals surface area (Å²) in [4.78, 5) is 4.56. The van der Waals surface area contributed by atoms with E-state index >= 15 is 0 Å². The van der Waals surface area contributed by atoms with Crippen LogP contribution in [-0.4, -0.2) is 35.8 Å². The summed E-state index contributed by atoms with van der Waals surface area (Å²) in [5.74, 6) is 0.711. The van der Waals surface area contributed by atoms with Crippen molar-refractivity contribution in [1.29, 1.82) is 0 Å². The molecule has 96 valence electrons. The lowest BCUT2D eigenvalue weighted by molar-refractivity contribution is 0.276. The van der Waals surface area contributed by atoms with Crippen LogP contribution in [0, 0.1) is 5.92 Å². The van der Waals surface area contributed by atoms with E-state index in [0.29, 0.717) is 5.92 Å². The molecule has 0 aromatic carbocycles. The first-order valence-electron chi connectivity index (χ1n) is 6.15. The summed E-state index contributed by atoms with van der Waals surface area (Å²) in [5, 5.41) is 0. The van der Waals surface area contributed by atoms with Crippen molar-refractivity contribution < 1.29 is 8.85 Å². The zero-order valence-electron chi connectivity index (χ0n) is 11.5. The smallest absolute Gasteiger partial charge is 0.320 e. The lowest BCUT2D eigenvalue weighted by Gasteiger charge is -2.09. The van der Waals surface area contributed by atoms with Crippen molar-refractivity contribution in [3.8, 4) is 0 Å². The number of unbranched alkanes of at least 4 members (excludes halogenated alkanes) is 1. The zero-order valence-corrected chi connectivity index (χ0v) is 12.6. The van der Waals surface area contributed by atoms with Gasteiger partial charge in [-0.1, -0.05) is 13.8 Å². The highest BCUT2D eigenvalue weighted by atomic mass is 28.3. The molecule has 4 heteroatoms. The highest BCUT2D eigenvalue weighted by molar-refractivity contribution is 6.44. The minimum atomic E-state index is -1.33. The second-order valence-corrected chi connectivity index (χ2v) is 6.99. The van der Waals surface area contributed by atoms with Gasteiger partial charge in [0.15, 0.2) is 0 Å². The molecule has 0 saturated carbocycles. The van der Waals surface area contributed by atoms with Gasteiger partial charge < -0.3 is 8.85 Å². The highest BCUT2D eigenvalue weighted by Crippen LogP contribution is 2.05. The molecule has 0 rings (SSSR count). The van der Waals surface area contributed by atoms with E-state index in [1.165, 1.54) is 5.71 Å². The van der Waals surface area contributed by atoms with E-state index in [2.05, 4.69) is 25.8 Å². The summed E-state index contributed by atoms with van der Waals surface area (Å²) < 4.78 is 10.5. The van der Waals surface area contributed by atoms with Crippen molar-refractivity contribution in [3.05, 3.63) is 0 Å². The van der Waals surface area contributed by atoms with Gasteiger partial charge in [-0.05, 0) is 38.1 Å². The molecule has 0 aliphatic heterocycles. The molecule has 0 spiro atoms. The van der Waals surface area contributed by atoms with Gasteiger partial charge in [0, 0.05) is 26.5 Å². The number of aliphatic imine (C=N–C) groups is 1. The summed E-state index contributed by atoms with van der Waals surface area (Å²) in [7, 11) is 2.15. The summed E-state index contributed by atoms with van der Waals surface area (Å²) in [6, 6.07) is 1.09. The Morgan fingerprint density at radius 1 is 1.19 bits per heavy atom. The summed E-state index contributed by atoms with van der Waals surface area (Å²) >= 11 is 0. The molecule has 0 unspecified atom stereocenters. The first-order chi connectivity index (χ1) is 7.60. The molecule has 16 heavy (non-hydrogen) atoms. The van der Waals surface area contributed by atoms with Gasteiger partial charge in [-0.25, -0.2) is 0 Å². The zero-order chi connectivity index (χ0) is 12.4. The maximum atomic E-state index is 5.26. The van der Waals surface area contributed by atoms with Crippen molar-refractivity contribution in [2.24, 2.45) is 10.9 Å². The topological polar surface area (TPSA) is 30.8 Å². The van der Waals surface area contributed by atoms with Crippen LogP contribution in [0.4, 0.5) is 0 Å². The van der Waals surface area contributed by atoms with Crippen LogP contribution in [0.2, 0.25) is 6.04 Å². The molecule has 0 aliphatic rings. The van der Waals surface area contributed by atoms with Gasteiger partial charge in [0.2, 0.25) is 0 Å². The number of rotatable bonds is 9. The van der Waals surface area contributed by atoms with Crippen LogP contribution in [0.5, 0.6) is 0 Å². The fraction of sp³-hybridized carbons (Fsp3) is 0.917. The van der Waals surface area contributed by atoms with Gasteiger partial charge in [0.1, 0.15) is 0 Å². The summed E-state index contributed by atoms with van der Waals surface area (Å²) in [6.45, 7) is 7.54. The quantitative estimate of drug-likeness (QED) is 0.355. The van der Waals surface area contributed by atoms with Crippen LogP contribution in [0.25, 0.3) is 0 Å². The molecule has 3 nitrogen and oxygen atoms in total. The Bertz CT molecular complexity index is 191. The monoisotopic (exact) mass is 245 g/mol. The maximum Gasteiger partial charge on any atom is 0.320 e. The van der Waals surface area contributed by atoms with Crippen LogP contribution in [0.15, 0.2) is 4.99 Å². The Hall–Kier alpha value is -0.193. The van der Waals surface area contributed by atoms with E-state index in [4.69, 9.17) is 8.85 Å². The summed E-state index contributed by atoms with van der Waals surface area (Å²) in [5.41, 5.74) is 1.28. The number of nitrogens with zero attached hydrogens (tertiary/aromatic N) is 1. The molecular weight excluding hydrogens is 218 g/mol. The molecule has 0 amide bonds. The maximum absolute atomic E-state index is 5.26. The molecule has 0 radical (unpaired) electrons. The Balaban J connectivity index is 3.51. The molecule has 0 aromatic rings. The molecule has 0 aromatic heterocycles. The SMILES string of the molecule is CO[SiH](CCCCN=C(C)CC(C)C)OC. The lowest BCUT2D eigenvalue weighted by Crippen LogP contribution is -2.18. The minimum Gasteiger partial charge on any atom is -0.400 e. The van der Waals surface area contributed by atoms with E-state index in [1.54, 1.807) is 14.2 Å². The molecule has 0 atom stereocenters. The van der Waals surface area contributed by atoms with Gasteiger partial charge in [0.25, 0.3) is 0 Å². The van der Waals surface area contributed by atoms with Crippen molar-refractivity contribution in [1.82, 2.24) is 0 Å². The van der Waals surface area contributed by atoms with Gasteiger partial charge in [-0.3, -0.25) is 4.99 Å². The van der Waals surface area contributed by atoms with E-state index < -0.39 is 9.28 Å². The molecular formula is C12H27NO2Si. The second kappa shape index (κ2) is 9.99. The van der Waals surface area contributed by atoms with E-state index in [9.17, 15) is 0 Å². The number of hydrogen-bond donors (Lipinski definition) is 0. The van der Waals surface area contributed by atoms with Gasteiger partial charge in [-0.2, -0.15) is 0 Å². The normalized spacial score (nSPS) is 12.8. The van der Waals surface area contributed by atoms with Gasteiger partial charge >= 0.3 is 9.28 Å². The van der Waals surface area contributed by atoms with Gasteiger partial charge in [0.05, 0.1) is 0 Å². The molecule has 0 fully saturated rings. The second-order valence-electron chi connectivity index (χ2n) is 4.61. The standard InChI is InChI=1S/C12H27NO2Si/c1-11(2)10-12(3)13-8-6-7-9-16(14-4)15-5/h11,16H,6-10H2,1-5H3. The lowest BCUT2D eigenvalue weighted by atomic mass is 10.1. The minimum absolute atomic E-state index is 0.711. The molecule has 0 saturated heterocycles. The van der Waals surface area contributed by atoms with Crippen molar-refractivity contribution in [2.45, 2.75) is 46.1 Å². The third-order valence-corrected chi connectivity index (χ3v) is 4.39. The van der Waals surface area contributed by atoms with E-state index in [1.807, 2.05) is 0 Å². The Kier molecular flexibility index (Phi) is 9.87. The van der Waals surface area contributed by atoms with Crippen LogP contribution in [0.3, 0.4) is 0 Å². The Labute approximate surface area is 102 Å². The van der Waals surface area contributed by atoms with Crippen LogP contribution in [0.1, 0.15) is 40.0 Å². The fourth-order valence-corrected chi connectivity index (χ4v) is 2.97. The number of hydrogen-bond acceptors (Lipinski definition) is 3. The summed E-state index contributed by atoms with van der Waals surface area (Å²) in [6.07, 6.45) is 3.43. The third kappa shape index (κ3) is 9.06. The van der Waals surface area contributed by atoms with E-state index in [0.717, 1.165) is 31.9 Å². The average molecular weight is 245 g/mol. The third-order valence-electron chi connectivity index (χ3n) is 2.46. The average Bonchev–Trinajstić information content (AvgIpc) is 2.22. The molecule has 0 bridgehead atoms. The van der Waals surface area contributed by atoms with Crippen molar-refractivity contribution >= 4 is 15.0 Å². The van der Waals surface area contributed by atoms with Crippen molar-refractivity contribution in [3.63, 3.8) is 0 Å². The highest BCUT2D eigenvalue weighted by Gasteiger charge is 2.07. The van der Waals surface area contributed by atoms with Crippen LogP contribution >= 0.6 is 0 Å². The molecule has 0 N–H and O–H groups in total. The largest absolute Gasteiger partial charge is 0.400 e. The molecule has 0 heterocycles. The first-order valence-corrected chi connectivity index (χ1v) is 7.91. The van der Waals surface area contributed by atoms with Crippen molar-refractivity contribution in [2.75, 3.05) is 20.8 Å². The molecule has 0 aliphatic carbocycles. The van der Waals surface area contributed by atoms with E-state index in [-0.39, 0.29) is 0 Å². The predicted octanol–water partition coefficient (Wildman–Crippen LogP) is 2.79. The first kappa shape index (κ1) is 15.8. The Morgan fingerprint density at radius 3 is 2.31 bits per heavy atom. The van der Waals surface area contributed by atoms with Gasteiger partial charge in [-0.15, -0.1) is 0 Å². The fourth-order valence-electron chi connectivity index (χ4n) is 1.68. The Morgan fingerprint density at radius 2 is 1.81 bits per heavy atom. The predicted molar refractivity (Wildman–Crippen MR) is 72.6 cm³/mol. The van der Waals surface area contributed by atoms with Crippen LogP contribution in [-0.2, 0) is 8.85 Å². The van der Waals surface area contributed by atoms with Crippen LogP contribution < -0.4 is 0 Å².